The van der Waals surface area contributed by atoms with Crippen LogP contribution in [0.15, 0.2) is 65.2 Å². The van der Waals surface area contributed by atoms with Gasteiger partial charge in [0.25, 0.3) is 0 Å². The third-order valence-corrected chi connectivity index (χ3v) is 7.31. The number of hydrogen-bond acceptors (Lipinski definition) is 6. The van der Waals surface area contributed by atoms with Crippen LogP contribution in [0.1, 0.15) is 24.3 Å². The average molecular weight is 455 g/mol. The number of benzene rings is 2. The molecule has 2 aromatic carbocycles. The van der Waals surface area contributed by atoms with E-state index in [4.69, 9.17) is 4.52 Å². The number of aromatic nitrogens is 2. The van der Waals surface area contributed by atoms with Gasteiger partial charge in [0.2, 0.25) is 27.6 Å². The summed E-state index contributed by atoms with van der Waals surface area (Å²) in [5.74, 6) is 1.05. The number of aryl methyl sites for hydroxylation is 1. The van der Waals surface area contributed by atoms with Crippen molar-refractivity contribution in [2.45, 2.75) is 25.0 Å². The van der Waals surface area contributed by atoms with E-state index in [1.165, 1.54) is 4.31 Å². The number of sulfonamides is 1. The van der Waals surface area contributed by atoms with E-state index in [0.717, 1.165) is 11.1 Å². The summed E-state index contributed by atoms with van der Waals surface area (Å²) >= 11 is 0. The van der Waals surface area contributed by atoms with E-state index in [9.17, 15) is 13.2 Å². The number of piperazine rings is 1. The molecule has 0 radical (unpaired) electrons. The number of hydrogen-bond donors (Lipinski definition) is 0. The lowest BCUT2D eigenvalue weighted by Gasteiger charge is -2.34. The minimum absolute atomic E-state index is 0.0169. The molecule has 0 aliphatic carbocycles. The van der Waals surface area contributed by atoms with Gasteiger partial charge in [0, 0.05) is 44.6 Å². The zero-order chi connectivity index (χ0) is 22.4. The Kier molecular flexibility index (Phi) is 6.96. The molecule has 1 aromatic heterocycles. The molecule has 1 fully saturated rings. The molecule has 1 saturated heterocycles. The molecule has 32 heavy (non-hydrogen) atoms. The van der Waals surface area contributed by atoms with Crippen LogP contribution in [0.25, 0.3) is 11.4 Å². The summed E-state index contributed by atoms with van der Waals surface area (Å²) in [4.78, 5) is 18.7. The van der Waals surface area contributed by atoms with Crippen LogP contribution in [0.2, 0.25) is 0 Å². The zero-order valence-electron chi connectivity index (χ0n) is 17.8. The Morgan fingerprint density at radius 1 is 0.938 bits per heavy atom. The summed E-state index contributed by atoms with van der Waals surface area (Å²) in [7, 11) is -3.39. The van der Waals surface area contributed by atoms with E-state index < -0.39 is 10.0 Å². The predicted octanol–water partition coefficient (Wildman–Crippen LogP) is 2.73. The first kappa shape index (κ1) is 22.2. The summed E-state index contributed by atoms with van der Waals surface area (Å²) < 4.78 is 32.1. The van der Waals surface area contributed by atoms with E-state index in [0.29, 0.717) is 57.2 Å². The lowest BCUT2D eigenvalue weighted by molar-refractivity contribution is -0.132. The van der Waals surface area contributed by atoms with Crippen molar-refractivity contribution in [3.05, 3.63) is 72.1 Å². The quantitative estimate of drug-likeness (QED) is 0.519. The maximum atomic E-state index is 12.7. The minimum Gasteiger partial charge on any atom is -0.340 e. The molecule has 0 bridgehead atoms. The van der Waals surface area contributed by atoms with E-state index in [1.54, 1.807) is 4.90 Å². The molecule has 8 nitrogen and oxygen atoms in total. The summed E-state index contributed by atoms with van der Waals surface area (Å²) in [6, 6.07) is 18.7. The van der Waals surface area contributed by atoms with Crippen LogP contribution < -0.4 is 0 Å². The molecule has 4 rings (SSSR count). The minimum atomic E-state index is -3.39. The molecule has 0 unspecified atom stereocenters. The largest absolute Gasteiger partial charge is 0.340 e. The molecule has 2 heterocycles. The summed E-state index contributed by atoms with van der Waals surface area (Å²) in [6.45, 7) is 1.47. The SMILES string of the molecule is O=C(CCCc1nc(-c2ccccc2)no1)N1CCN(S(=O)(=O)Cc2ccccc2)CC1. The zero-order valence-corrected chi connectivity index (χ0v) is 18.6. The molecule has 168 valence electrons. The van der Waals surface area contributed by atoms with Crippen LogP contribution >= 0.6 is 0 Å². The molecule has 1 aliphatic heterocycles. The Morgan fingerprint density at radius 3 is 2.28 bits per heavy atom. The molecular formula is C23H26N4O4S. The van der Waals surface area contributed by atoms with Crippen molar-refractivity contribution in [1.82, 2.24) is 19.3 Å². The number of nitrogens with zero attached hydrogens (tertiary/aromatic N) is 4. The molecule has 0 spiro atoms. The lowest BCUT2D eigenvalue weighted by Crippen LogP contribution is -2.50. The second-order valence-corrected chi connectivity index (χ2v) is 9.72. The smallest absolute Gasteiger partial charge is 0.226 e. The monoisotopic (exact) mass is 454 g/mol. The third-order valence-electron chi connectivity index (χ3n) is 5.46. The van der Waals surface area contributed by atoms with E-state index in [1.807, 2.05) is 60.7 Å². The van der Waals surface area contributed by atoms with Gasteiger partial charge in [-0.3, -0.25) is 4.79 Å². The molecular weight excluding hydrogens is 428 g/mol. The number of carbonyl (C=O) groups is 1. The van der Waals surface area contributed by atoms with Crippen molar-refractivity contribution in [3.63, 3.8) is 0 Å². The van der Waals surface area contributed by atoms with Crippen LogP contribution in [0.3, 0.4) is 0 Å². The second kappa shape index (κ2) is 10.1. The Labute approximate surface area is 187 Å². The number of amides is 1. The predicted molar refractivity (Wildman–Crippen MR) is 120 cm³/mol. The van der Waals surface area contributed by atoms with E-state index in [-0.39, 0.29) is 11.7 Å². The van der Waals surface area contributed by atoms with Crippen LogP contribution in [0, 0.1) is 0 Å². The first-order valence-corrected chi connectivity index (χ1v) is 12.3. The van der Waals surface area contributed by atoms with Gasteiger partial charge in [-0.05, 0) is 12.0 Å². The first-order valence-electron chi connectivity index (χ1n) is 10.7. The van der Waals surface area contributed by atoms with Crippen LogP contribution in [0.4, 0.5) is 0 Å². The second-order valence-electron chi connectivity index (χ2n) is 7.75. The van der Waals surface area contributed by atoms with Gasteiger partial charge in [-0.2, -0.15) is 9.29 Å². The topological polar surface area (TPSA) is 96.6 Å². The maximum Gasteiger partial charge on any atom is 0.226 e. The van der Waals surface area contributed by atoms with Gasteiger partial charge < -0.3 is 9.42 Å². The highest BCUT2D eigenvalue weighted by atomic mass is 32.2. The highest BCUT2D eigenvalue weighted by Crippen LogP contribution is 2.17. The summed E-state index contributed by atoms with van der Waals surface area (Å²) in [5.41, 5.74) is 1.65. The first-order chi connectivity index (χ1) is 15.5. The maximum absolute atomic E-state index is 12.7. The summed E-state index contributed by atoms with van der Waals surface area (Å²) in [5, 5.41) is 3.99. The Morgan fingerprint density at radius 2 is 1.59 bits per heavy atom. The van der Waals surface area contributed by atoms with Crippen molar-refractivity contribution in [3.8, 4) is 11.4 Å². The van der Waals surface area contributed by atoms with Gasteiger partial charge in [0.05, 0.1) is 5.75 Å². The number of rotatable bonds is 8. The van der Waals surface area contributed by atoms with Gasteiger partial charge in [0.15, 0.2) is 0 Å². The number of carbonyl (C=O) groups excluding carboxylic acids is 1. The lowest BCUT2D eigenvalue weighted by atomic mass is 10.2. The Balaban J connectivity index is 1.22. The molecule has 0 saturated carbocycles. The van der Waals surface area contributed by atoms with Crippen LogP contribution in [-0.4, -0.2) is 59.8 Å². The van der Waals surface area contributed by atoms with Crippen molar-refractivity contribution in [1.29, 1.82) is 0 Å². The fourth-order valence-electron chi connectivity index (χ4n) is 3.70. The van der Waals surface area contributed by atoms with Crippen LogP contribution in [-0.2, 0) is 27.0 Å². The van der Waals surface area contributed by atoms with Gasteiger partial charge in [-0.15, -0.1) is 0 Å². The molecule has 9 heteroatoms. The standard InChI is InChI=1S/C23H26N4O4S/c28-22(13-7-12-21-24-23(25-31-21)20-10-5-2-6-11-20)26-14-16-27(17-15-26)32(29,30)18-19-8-3-1-4-9-19/h1-6,8-11H,7,12-18H2. The molecule has 0 N–H and O–H groups in total. The Bertz CT molecular complexity index is 1130. The fourth-order valence-corrected chi connectivity index (χ4v) is 5.22. The molecule has 3 aromatic rings. The van der Waals surface area contributed by atoms with E-state index in [2.05, 4.69) is 10.1 Å². The molecule has 0 atom stereocenters. The normalized spacial score (nSPS) is 15.1. The van der Waals surface area contributed by atoms with Crippen LogP contribution in [0.5, 0.6) is 0 Å². The van der Waals surface area contributed by atoms with Crippen molar-refractivity contribution < 1.29 is 17.7 Å². The highest BCUT2D eigenvalue weighted by molar-refractivity contribution is 7.88. The van der Waals surface area contributed by atoms with Gasteiger partial charge in [-0.1, -0.05) is 65.8 Å². The third kappa shape index (κ3) is 5.60. The van der Waals surface area contributed by atoms with Crippen molar-refractivity contribution >= 4 is 15.9 Å². The van der Waals surface area contributed by atoms with E-state index >= 15 is 0 Å². The molecule has 1 aliphatic rings. The van der Waals surface area contributed by atoms with Gasteiger partial charge in [-0.25, -0.2) is 8.42 Å². The fraction of sp³-hybridized carbons (Fsp3) is 0.348. The Hall–Kier alpha value is -3.04. The summed E-state index contributed by atoms with van der Waals surface area (Å²) in [6.07, 6.45) is 1.48. The average Bonchev–Trinajstić information content (AvgIpc) is 3.29. The van der Waals surface area contributed by atoms with Crippen molar-refractivity contribution in [2.75, 3.05) is 26.2 Å². The highest BCUT2D eigenvalue weighted by Gasteiger charge is 2.28. The molecule has 1 amide bonds. The van der Waals surface area contributed by atoms with Gasteiger partial charge >= 0.3 is 0 Å². The van der Waals surface area contributed by atoms with Crippen molar-refractivity contribution in [2.24, 2.45) is 0 Å². The van der Waals surface area contributed by atoms with Gasteiger partial charge in [0.1, 0.15) is 0 Å².